The van der Waals surface area contributed by atoms with Gasteiger partial charge in [0.05, 0.1) is 18.0 Å². The molecule has 1 aromatic heterocycles. The van der Waals surface area contributed by atoms with E-state index >= 15 is 0 Å². The third-order valence-corrected chi connectivity index (χ3v) is 4.81. The number of carbonyl (C=O) groups is 1. The molecular weight excluding hydrogens is 308 g/mol. The van der Waals surface area contributed by atoms with Crippen molar-refractivity contribution in [2.45, 2.75) is 11.9 Å². The Morgan fingerprint density at radius 1 is 1.30 bits per heavy atom. The van der Waals surface area contributed by atoms with Gasteiger partial charge in [-0.2, -0.15) is 0 Å². The van der Waals surface area contributed by atoms with Gasteiger partial charge in [-0.25, -0.2) is 0 Å². The van der Waals surface area contributed by atoms with E-state index < -0.39 is 0 Å². The predicted molar refractivity (Wildman–Crippen MR) is 92.1 cm³/mol. The molecular formula is C18H18N2O2S. The highest BCUT2D eigenvalue weighted by Gasteiger charge is 2.34. The van der Waals surface area contributed by atoms with Gasteiger partial charge >= 0.3 is 0 Å². The summed E-state index contributed by atoms with van der Waals surface area (Å²) in [6.45, 7) is 4.64. The van der Waals surface area contributed by atoms with Gasteiger partial charge < -0.3 is 9.64 Å². The number of hydrogen-bond acceptors (Lipinski definition) is 4. The average molecular weight is 326 g/mol. The maximum absolute atomic E-state index is 12.3. The third-order valence-electron chi connectivity index (χ3n) is 3.57. The maximum atomic E-state index is 12.3. The molecule has 0 spiro atoms. The lowest BCUT2D eigenvalue weighted by Crippen LogP contribution is -2.28. The largest absolute Gasteiger partial charge is 0.489 e. The van der Waals surface area contributed by atoms with Crippen LogP contribution in [0.15, 0.2) is 61.3 Å². The Hall–Kier alpha value is -2.27. The van der Waals surface area contributed by atoms with Crippen LogP contribution in [0.3, 0.4) is 0 Å². The lowest BCUT2D eigenvalue weighted by Gasteiger charge is -2.25. The van der Waals surface area contributed by atoms with Crippen LogP contribution < -0.4 is 4.74 Å². The molecule has 1 amide bonds. The number of nitrogens with zero attached hydrogens (tertiary/aromatic N) is 2. The number of carbonyl (C=O) groups excluding carboxylic acids is 1. The Kier molecular flexibility index (Phi) is 4.98. The summed E-state index contributed by atoms with van der Waals surface area (Å²) in [7, 11) is 0. The molecule has 1 aromatic carbocycles. The molecule has 0 aliphatic carbocycles. The van der Waals surface area contributed by atoms with Crippen LogP contribution in [0.2, 0.25) is 0 Å². The molecule has 0 saturated carbocycles. The summed E-state index contributed by atoms with van der Waals surface area (Å²) in [5.74, 6) is 1.41. The van der Waals surface area contributed by atoms with Gasteiger partial charge in [0.15, 0.2) is 0 Å². The minimum atomic E-state index is -0.0504. The zero-order valence-corrected chi connectivity index (χ0v) is 13.5. The lowest BCUT2D eigenvalue weighted by atomic mass is 10.1. The van der Waals surface area contributed by atoms with E-state index in [4.69, 9.17) is 4.74 Å². The van der Waals surface area contributed by atoms with Gasteiger partial charge in [0.2, 0.25) is 5.91 Å². The number of hydrogen-bond donors (Lipinski definition) is 0. The molecule has 23 heavy (non-hydrogen) atoms. The van der Waals surface area contributed by atoms with Gasteiger partial charge in [0, 0.05) is 11.8 Å². The number of amides is 1. The zero-order valence-electron chi connectivity index (χ0n) is 12.7. The second kappa shape index (κ2) is 7.33. The van der Waals surface area contributed by atoms with Crippen molar-refractivity contribution >= 4 is 17.7 Å². The van der Waals surface area contributed by atoms with Gasteiger partial charge in [-0.3, -0.25) is 9.78 Å². The van der Waals surface area contributed by atoms with Crippen molar-refractivity contribution < 1.29 is 9.53 Å². The van der Waals surface area contributed by atoms with Gasteiger partial charge in [-0.05, 0) is 18.2 Å². The van der Waals surface area contributed by atoms with E-state index in [-0.39, 0.29) is 11.3 Å². The van der Waals surface area contributed by atoms with Gasteiger partial charge in [0.25, 0.3) is 0 Å². The zero-order chi connectivity index (χ0) is 16.1. The smallest absolute Gasteiger partial charge is 0.234 e. The van der Waals surface area contributed by atoms with E-state index in [1.165, 1.54) is 0 Å². The van der Waals surface area contributed by atoms with Crippen molar-refractivity contribution in [3.63, 3.8) is 0 Å². The molecule has 0 N–H and O–H groups in total. The maximum Gasteiger partial charge on any atom is 0.234 e. The minimum absolute atomic E-state index is 0.0504. The van der Waals surface area contributed by atoms with Crippen LogP contribution in [0.5, 0.6) is 5.75 Å². The molecule has 0 radical (unpaired) electrons. The van der Waals surface area contributed by atoms with E-state index in [1.807, 2.05) is 47.4 Å². The Bertz CT molecular complexity index is 690. The lowest BCUT2D eigenvalue weighted by molar-refractivity contribution is -0.128. The molecule has 1 aliphatic rings. The number of pyridine rings is 1. The summed E-state index contributed by atoms with van der Waals surface area (Å²) in [4.78, 5) is 18.5. The van der Waals surface area contributed by atoms with E-state index in [1.54, 1.807) is 24.0 Å². The highest BCUT2D eigenvalue weighted by atomic mass is 32.2. The molecule has 1 aliphatic heterocycles. The number of benzene rings is 1. The van der Waals surface area contributed by atoms with Gasteiger partial charge in [-0.1, -0.05) is 36.9 Å². The number of ether oxygens (including phenoxy) is 1. The van der Waals surface area contributed by atoms with Crippen LogP contribution >= 0.6 is 11.8 Å². The first-order valence-corrected chi connectivity index (χ1v) is 8.48. The van der Waals surface area contributed by atoms with Crippen molar-refractivity contribution in [1.29, 1.82) is 0 Å². The first-order valence-electron chi connectivity index (χ1n) is 7.43. The van der Waals surface area contributed by atoms with Crippen LogP contribution in [0.1, 0.15) is 16.6 Å². The fourth-order valence-corrected chi connectivity index (χ4v) is 3.73. The minimum Gasteiger partial charge on any atom is -0.489 e. The van der Waals surface area contributed by atoms with Crippen molar-refractivity contribution in [1.82, 2.24) is 9.88 Å². The molecule has 118 valence electrons. The number of aromatic nitrogens is 1. The summed E-state index contributed by atoms with van der Waals surface area (Å²) in [6, 6.07) is 13.6. The second-order valence-electron chi connectivity index (χ2n) is 5.14. The summed E-state index contributed by atoms with van der Waals surface area (Å²) in [5.41, 5.74) is 1.90. The first-order chi connectivity index (χ1) is 11.3. The molecule has 1 fully saturated rings. The van der Waals surface area contributed by atoms with E-state index in [0.717, 1.165) is 17.0 Å². The van der Waals surface area contributed by atoms with Crippen molar-refractivity contribution in [2.24, 2.45) is 0 Å². The Morgan fingerprint density at radius 2 is 2.13 bits per heavy atom. The number of para-hydroxylation sites is 1. The first kappa shape index (κ1) is 15.6. The SMILES string of the molecule is C=CCOc1ccccc1C1SCC(=O)N1Cc1ccccn1. The molecule has 1 unspecified atom stereocenters. The highest BCUT2D eigenvalue weighted by Crippen LogP contribution is 2.42. The highest BCUT2D eigenvalue weighted by molar-refractivity contribution is 8.00. The topological polar surface area (TPSA) is 42.4 Å². The summed E-state index contributed by atoms with van der Waals surface area (Å²) in [6.07, 6.45) is 3.47. The fourth-order valence-electron chi connectivity index (χ4n) is 2.51. The Balaban J connectivity index is 1.86. The Morgan fingerprint density at radius 3 is 2.91 bits per heavy atom. The predicted octanol–water partition coefficient (Wildman–Crippen LogP) is 3.42. The monoisotopic (exact) mass is 326 g/mol. The molecule has 2 aromatic rings. The van der Waals surface area contributed by atoms with Crippen LogP contribution in [0, 0.1) is 0 Å². The van der Waals surface area contributed by atoms with Crippen LogP contribution in [-0.2, 0) is 11.3 Å². The summed E-state index contributed by atoms with van der Waals surface area (Å²) >= 11 is 1.62. The standard InChI is InChI=1S/C18H18N2O2S/c1-2-11-22-16-9-4-3-8-15(16)18-20(17(21)13-23-18)12-14-7-5-6-10-19-14/h2-10,18H,1,11-13H2. The molecule has 0 bridgehead atoms. The molecule has 4 nitrogen and oxygen atoms in total. The molecule has 3 rings (SSSR count). The van der Waals surface area contributed by atoms with Crippen LogP contribution in [0.25, 0.3) is 0 Å². The average Bonchev–Trinajstić information content (AvgIpc) is 2.95. The van der Waals surface area contributed by atoms with Crippen molar-refractivity contribution in [3.8, 4) is 5.75 Å². The third kappa shape index (κ3) is 3.56. The summed E-state index contributed by atoms with van der Waals surface area (Å²) in [5, 5.41) is -0.0504. The van der Waals surface area contributed by atoms with E-state index in [0.29, 0.717) is 18.9 Å². The number of rotatable bonds is 6. The molecule has 1 atom stereocenters. The van der Waals surface area contributed by atoms with Gasteiger partial charge in [-0.15, -0.1) is 11.8 Å². The van der Waals surface area contributed by atoms with E-state index in [9.17, 15) is 4.79 Å². The molecule has 2 heterocycles. The second-order valence-corrected chi connectivity index (χ2v) is 6.21. The van der Waals surface area contributed by atoms with Crippen LogP contribution in [-0.4, -0.2) is 28.2 Å². The van der Waals surface area contributed by atoms with Crippen molar-refractivity contribution in [2.75, 3.05) is 12.4 Å². The number of thioether (sulfide) groups is 1. The normalized spacial score (nSPS) is 17.3. The molecule has 1 saturated heterocycles. The van der Waals surface area contributed by atoms with Gasteiger partial charge in [0.1, 0.15) is 17.7 Å². The van der Waals surface area contributed by atoms with Crippen molar-refractivity contribution in [3.05, 3.63) is 72.6 Å². The van der Waals surface area contributed by atoms with E-state index in [2.05, 4.69) is 11.6 Å². The fraction of sp³-hybridized carbons (Fsp3) is 0.222. The summed E-state index contributed by atoms with van der Waals surface area (Å²) < 4.78 is 5.75. The molecule has 5 heteroatoms. The van der Waals surface area contributed by atoms with Crippen LogP contribution in [0.4, 0.5) is 0 Å². The quantitative estimate of drug-likeness (QED) is 0.763. The Labute approximate surface area is 140 Å².